The number of allylic oxidation sites excluding steroid dienone is 1. The number of pyridine rings is 1. The van der Waals surface area contributed by atoms with Crippen molar-refractivity contribution in [2.24, 2.45) is 0 Å². The number of benzene rings is 1. The third-order valence-electron chi connectivity index (χ3n) is 4.03. The summed E-state index contributed by atoms with van der Waals surface area (Å²) in [5, 5.41) is 18.1. The first-order valence-electron chi connectivity index (χ1n) is 7.82. The molecule has 2 heterocycles. The minimum Gasteiger partial charge on any atom is -0.438 e. The standard InChI is InChI=1S/C20H14N4O2/c1-13-6-5-7-17(14(13)2)26-19-16(10-15(11-21)12-22)20(25)24-9-4-3-8-18(24)23-19/h3-10H,1-2H3. The Bertz CT molecular complexity index is 1160. The van der Waals surface area contributed by atoms with Gasteiger partial charge in [-0.25, -0.2) is 0 Å². The van der Waals surface area contributed by atoms with Crippen molar-refractivity contribution >= 4 is 11.7 Å². The van der Waals surface area contributed by atoms with Crippen molar-refractivity contribution in [3.05, 3.63) is 75.2 Å². The van der Waals surface area contributed by atoms with E-state index < -0.39 is 5.56 Å². The van der Waals surface area contributed by atoms with E-state index in [2.05, 4.69) is 4.98 Å². The summed E-state index contributed by atoms with van der Waals surface area (Å²) >= 11 is 0. The Hall–Kier alpha value is -3.90. The van der Waals surface area contributed by atoms with E-state index in [4.69, 9.17) is 15.3 Å². The summed E-state index contributed by atoms with van der Waals surface area (Å²) in [6.45, 7) is 3.86. The third-order valence-corrected chi connectivity index (χ3v) is 4.03. The minimum absolute atomic E-state index is 0.0488. The van der Waals surface area contributed by atoms with Gasteiger partial charge >= 0.3 is 0 Å². The van der Waals surface area contributed by atoms with Gasteiger partial charge in [-0.05, 0) is 49.2 Å². The van der Waals surface area contributed by atoms with Crippen LogP contribution in [0.25, 0.3) is 11.7 Å². The normalized spacial score (nSPS) is 10.0. The maximum atomic E-state index is 12.8. The molecule has 2 aromatic heterocycles. The highest BCUT2D eigenvalue weighted by molar-refractivity contribution is 5.66. The molecule has 6 nitrogen and oxygen atoms in total. The number of hydrogen-bond acceptors (Lipinski definition) is 5. The topological polar surface area (TPSA) is 91.2 Å². The summed E-state index contributed by atoms with van der Waals surface area (Å²) in [4.78, 5) is 17.2. The Morgan fingerprint density at radius 1 is 1.15 bits per heavy atom. The number of aromatic nitrogens is 2. The van der Waals surface area contributed by atoms with E-state index in [1.54, 1.807) is 42.6 Å². The average molecular weight is 342 g/mol. The van der Waals surface area contributed by atoms with Crippen LogP contribution in [0.1, 0.15) is 16.7 Å². The van der Waals surface area contributed by atoms with Gasteiger partial charge in [0.05, 0.1) is 0 Å². The van der Waals surface area contributed by atoms with Crippen molar-refractivity contribution in [2.45, 2.75) is 13.8 Å². The van der Waals surface area contributed by atoms with Gasteiger partial charge < -0.3 is 4.74 Å². The first-order valence-corrected chi connectivity index (χ1v) is 7.82. The van der Waals surface area contributed by atoms with Crippen LogP contribution >= 0.6 is 0 Å². The molecule has 3 aromatic rings. The van der Waals surface area contributed by atoms with Crippen LogP contribution < -0.4 is 10.3 Å². The Morgan fingerprint density at radius 3 is 2.65 bits per heavy atom. The maximum Gasteiger partial charge on any atom is 0.269 e. The number of aryl methyl sites for hydroxylation is 1. The van der Waals surface area contributed by atoms with Crippen molar-refractivity contribution < 1.29 is 4.74 Å². The summed E-state index contributed by atoms with van der Waals surface area (Å²) < 4.78 is 7.25. The van der Waals surface area contributed by atoms with Crippen LogP contribution in [0.4, 0.5) is 0 Å². The molecule has 0 radical (unpaired) electrons. The van der Waals surface area contributed by atoms with Gasteiger partial charge in [-0.1, -0.05) is 18.2 Å². The zero-order valence-electron chi connectivity index (χ0n) is 14.2. The SMILES string of the molecule is Cc1cccc(Oc2nc3ccccn3c(=O)c2C=C(C#N)C#N)c1C. The molecule has 0 aliphatic rings. The molecular formula is C20H14N4O2. The molecule has 26 heavy (non-hydrogen) atoms. The zero-order valence-corrected chi connectivity index (χ0v) is 14.2. The van der Waals surface area contributed by atoms with Crippen LogP contribution in [-0.4, -0.2) is 9.38 Å². The molecule has 0 aliphatic heterocycles. The quantitative estimate of drug-likeness (QED) is 0.679. The van der Waals surface area contributed by atoms with Crippen molar-refractivity contribution in [3.63, 3.8) is 0 Å². The van der Waals surface area contributed by atoms with Crippen LogP contribution in [0, 0.1) is 36.5 Å². The van der Waals surface area contributed by atoms with Crippen molar-refractivity contribution in [3.8, 4) is 23.8 Å². The summed E-state index contributed by atoms with van der Waals surface area (Å²) in [6, 6.07) is 14.2. The molecule has 6 heteroatoms. The fourth-order valence-electron chi connectivity index (χ4n) is 2.46. The maximum absolute atomic E-state index is 12.8. The van der Waals surface area contributed by atoms with Gasteiger partial charge in [-0.15, -0.1) is 0 Å². The number of rotatable bonds is 3. The second kappa shape index (κ2) is 6.92. The molecule has 126 valence electrons. The summed E-state index contributed by atoms with van der Waals surface area (Å²) in [5.74, 6) is 0.611. The summed E-state index contributed by atoms with van der Waals surface area (Å²) in [6.07, 6.45) is 2.78. The number of fused-ring (bicyclic) bond motifs is 1. The number of nitriles is 2. The lowest BCUT2D eigenvalue weighted by molar-refractivity contribution is 0.457. The number of nitrogens with zero attached hydrogens (tertiary/aromatic N) is 4. The zero-order chi connectivity index (χ0) is 18.7. The van der Waals surface area contributed by atoms with Gasteiger partial charge in [-0.2, -0.15) is 15.5 Å². The van der Waals surface area contributed by atoms with Crippen molar-refractivity contribution in [1.82, 2.24) is 9.38 Å². The second-order valence-corrected chi connectivity index (χ2v) is 5.65. The first kappa shape index (κ1) is 16.9. The lowest BCUT2D eigenvalue weighted by Crippen LogP contribution is -2.18. The molecule has 0 N–H and O–H groups in total. The van der Waals surface area contributed by atoms with Crippen LogP contribution in [0.2, 0.25) is 0 Å². The predicted octanol–water partition coefficient (Wildman–Crippen LogP) is 3.53. The summed E-state index contributed by atoms with van der Waals surface area (Å²) in [7, 11) is 0. The van der Waals surface area contributed by atoms with Crippen molar-refractivity contribution in [2.75, 3.05) is 0 Å². The van der Waals surface area contributed by atoms with Crippen LogP contribution in [0.3, 0.4) is 0 Å². The highest BCUT2D eigenvalue weighted by Gasteiger charge is 2.15. The molecule has 0 amide bonds. The predicted molar refractivity (Wildman–Crippen MR) is 96.7 cm³/mol. The summed E-state index contributed by atoms with van der Waals surface area (Å²) in [5.41, 5.74) is 1.78. The van der Waals surface area contributed by atoms with Crippen LogP contribution in [0.5, 0.6) is 11.6 Å². The third kappa shape index (κ3) is 3.04. The molecule has 0 unspecified atom stereocenters. The molecule has 1 aromatic carbocycles. The minimum atomic E-state index is -0.418. The van der Waals surface area contributed by atoms with Gasteiger partial charge in [-0.3, -0.25) is 9.20 Å². The molecule has 0 saturated heterocycles. The monoisotopic (exact) mass is 342 g/mol. The van der Waals surface area contributed by atoms with Gasteiger partial charge in [0.15, 0.2) is 0 Å². The van der Waals surface area contributed by atoms with Gasteiger partial charge in [0.2, 0.25) is 5.88 Å². The fraction of sp³-hybridized carbons (Fsp3) is 0.100. The van der Waals surface area contributed by atoms with Crippen LogP contribution in [0.15, 0.2) is 53.0 Å². The van der Waals surface area contributed by atoms with E-state index in [-0.39, 0.29) is 17.0 Å². The molecule has 0 fully saturated rings. The van der Waals surface area contributed by atoms with E-state index >= 15 is 0 Å². The van der Waals surface area contributed by atoms with E-state index in [0.717, 1.165) is 11.1 Å². The largest absolute Gasteiger partial charge is 0.438 e. The second-order valence-electron chi connectivity index (χ2n) is 5.65. The van der Waals surface area contributed by atoms with Gasteiger partial charge in [0.25, 0.3) is 5.56 Å². The lowest BCUT2D eigenvalue weighted by Gasteiger charge is -2.12. The van der Waals surface area contributed by atoms with E-state index in [1.165, 1.54) is 10.5 Å². The highest BCUT2D eigenvalue weighted by atomic mass is 16.5. The number of ether oxygens (including phenoxy) is 1. The van der Waals surface area contributed by atoms with Crippen LogP contribution in [-0.2, 0) is 0 Å². The Labute approximate surface area is 149 Å². The Kier molecular flexibility index (Phi) is 4.51. The first-order chi connectivity index (χ1) is 12.5. The molecule has 0 spiro atoms. The van der Waals surface area contributed by atoms with Gasteiger partial charge in [0, 0.05) is 6.20 Å². The molecule has 3 rings (SSSR count). The lowest BCUT2D eigenvalue weighted by atomic mass is 10.1. The van der Waals surface area contributed by atoms with E-state index in [0.29, 0.717) is 11.4 Å². The van der Waals surface area contributed by atoms with E-state index in [9.17, 15) is 4.79 Å². The Balaban J connectivity index is 2.28. The molecule has 0 aliphatic carbocycles. The highest BCUT2D eigenvalue weighted by Crippen LogP contribution is 2.28. The average Bonchev–Trinajstić information content (AvgIpc) is 2.65. The molecular weight excluding hydrogens is 328 g/mol. The number of hydrogen-bond donors (Lipinski definition) is 0. The molecule has 0 saturated carbocycles. The Morgan fingerprint density at radius 2 is 1.92 bits per heavy atom. The van der Waals surface area contributed by atoms with Gasteiger partial charge in [0.1, 0.15) is 34.7 Å². The molecule has 0 bridgehead atoms. The fourth-order valence-corrected chi connectivity index (χ4v) is 2.46. The smallest absolute Gasteiger partial charge is 0.269 e. The van der Waals surface area contributed by atoms with E-state index in [1.807, 2.05) is 26.0 Å². The van der Waals surface area contributed by atoms with Crippen molar-refractivity contribution in [1.29, 1.82) is 10.5 Å². The molecule has 0 atom stereocenters.